The number of benzene rings is 3. The summed E-state index contributed by atoms with van der Waals surface area (Å²) in [6, 6.07) is 26.3. The molecule has 4 aromatic rings. The van der Waals surface area contributed by atoms with Gasteiger partial charge in [-0.1, -0.05) is 72.4 Å². The summed E-state index contributed by atoms with van der Waals surface area (Å²) in [5, 5.41) is 3.06. The van der Waals surface area contributed by atoms with Crippen molar-refractivity contribution in [2.45, 2.75) is 16.7 Å². The zero-order valence-electron chi connectivity index (χ0n) is 15.5. The Labute approximate surface area is 172 Å². The van der Waals surface area contributed by atoms with Crippen LogP contribution in [0.2, 0.25) is 0 Å². The number of hydrogen-bond acceptors (Lipinski definition) is 4. The number of carbonyl (C=O) groups is 1. The minimum atomic E-state index is 0.00617. The van der Waals surface area contributed by atoms with Crippen LogP contribution in [0.4, 0.5) is 5.69 Å². The van der Waals surface area contributed by atoms with Gasteiger partial charge in [0.2, 0.25) is 5.91 Å². The third kappa shape index (κ3) is 4.26. The molecule has 0 aliphatic rings. The van der Waals surface area contributed by atoms with Gasteiger partial charge < -0.3 is 5.32 Å². The predicted octanol–water partition coefficient (Wildman–Crippen LogP) is 6.18. The van der Waals surface area contributed by atoms with Crippen LogP contribution >= 0.6 is 23.1 Å². The molecule has 1 aromatic heterocycles. The van der Waals surface area contributed by atoms with E-state index in [2.05, 4.69) is 34.6 Å². The van der Waals surface area contributed by atoms with E-state index >= 15 is 0 Å². The standard InChI is InChI=1S/C23H20N2OS2/c1-27-23-25-20-13-12-18(14-21(20)28-23)24-22(26)15-19(16-8-4-2-5-9-16)17-10-6-3-7-11-17/h2-14,19H,15H2,1H3,(H,24,26). The van der Waals surface area contributed by atoms with Crippen LogP contribution in [0, 0.1) is 0 Å². The summed E-state index contributed by atoms with van der Waals surface area (Å²) in [7, 11) is 0. The largest absolute Gasteiger partial charge is 0.326 e. The van der Waals surface area contributed by atoms with Crippen LogP contribution in [-0.2, 0) is 4.79 Å². The Morgan fingerprint density at radius 2 is 1.64 bits per heavy atom. The molecule has 0 bridgehead atoms. The van der Waals surface area contributed by atoms with Gasteiger partial charge in [-0.3, -0.25) is 4.79 Å². The highest BCUT2D eigenvalue weighted by atomic mass is 32.2. The molecule has 0 saturated heterocycles. The first kappa shape index (κ1) is 18.7. The van der Waals surface area contributed by atoms with E-state index in [-0.39, 0.29) is 11.8 Å². The van der Waals surface area contributed by atoms with Gasteiger partial charge in [0.1, 0.15) is 0 Å². The fourth-order valence-electron chi connectivity index (χ4n) is 3.26. The Kier molecular flexibility index (Phi) is 5.74. The van der Waals surface area contributed by atoms with Crippen LogP contribution in [0.25, 0.3) is 10.2 Å². The molecule has 0 radical (unpaired) electrons. The molecule has 5 heteroatoms. The molecule has 0 saturated carbocycles. The van der Waals surface area contributed by atoms with Crippen molar-refractivity contribution in [3.05, 3.63) is 90.0 Å². The zero-order chi connectivity index (χ0) is 19.3. The quantitative estimate of drug-likeness (QED) is 0.390. The van der Waals surface area contributed by atoms with Crippen LogP contribution < -0.4 is 5.32 Å². The highest BCUT2D eigenvalue weighted by Gasteiger charge is 2.18. The maximum atomic E-state index is 12.8. The maximum Gasteiger partial charge on any atom is 0.225 e. The number of fused-ring (bicyclic) bond motifs is 1. The van der Waals surface area contributed by atoms with Crippen LogP contribution in [-0.4, -0.2) is 17.1 Å². The minimum absolute atomic E-state index is 0.00617. The minimum Gasteiger partial charge on any atom is -0.326 e. The molecule has 3 aromatic carbocycles. The molecule has 0 fully saturated rings. The predicted molar refractivity (Wildman–Crippen MR) is 119 cm³/mol. The van der Waals surface area contributed by atoms with E-state index in [1.165, 1.54) is 0 Å². The van der Waals surface area contributed by atoms with Crippen molar-refractivity contribution < 1.29 is 4.79 Å². The molecule has 1 heterocycles. The Morgan fingerprint density at radius 1 is 1.00 bits per heavy atom. The van der Waals surface area contributed by atoms with Crippen molar-refractivity contribution in [3.63, 3.8) is 0 Å². The smallest absolute Gasteiger partial charge is 0.225 e. The molecule has 0 atom stereocenters. The molecule has 0 aliphatic heterocycles. The second-order valence-electron chi connectivity index (χ2n) is 6.49. The highest BCUT2D eigenvalue weighted by molar-refractivity contribution is 8.00. The number of rotatable bonds is 6. The third-order valence-corrected chi connectivity index (χ3v) is 6.62. The van der Waals surface area contributed by atoms with E-state index in [4.69, 9.17) is 0 Å². The zero-order valence-corrected chi connectivity index (χ0v) is 17.1. The first-order chi connectivity index (χ1) is 13.7. The Bertz CT molecular complexity index is 1040. The van der Waals surface area contributed by atoms with Crippen LogP contribution in [0.1, 0.15) is 23.5 Å². The van der Waals surface area contributed by atoms with Crippen LogP contribution in [0.5, 0.6) is 0 Å². The number of carbonyl (C=O) groups excluding carboxylic acids is 1. The number of nitrogens with zero attached hydrogens (tertiary/aromatic N) is 1. The van der Waals surface area contributed by atoms with E-state index in [0.29, 0.717) is 6.42 Å². The van der Waals surface area contributed by atoms with Crippen molar-refractivity contribution in [1.82, 2.24) is 4.98 Å². The molecule has 4 rings (SSSR count). The van der Waals surface area contributed by atoms with Crippen molar-refractivity contribution in [2.75, 3.05) is 11.6 Å². The average molecular weight is 405 g/mol. The van der Waals surface area contributed by atoms with E-state index in [1.54, 1.807) is 23.1 Å². The van der Waals surface area contributed by atoms with Gasteiger partial charge in [-0.25, -0.2) is 4.98 Å². The molecule has 0 spiro atoms. The summed E-state index contributed by atoms with van der Waals surface area (Å²) in [6.07, 6.45) is 2.42. The average Bonchev–Trinajstić information content (AvgIpc) is 3.16. The molecule has 1 N–H and O–H groups in total. The normalized spacial score (nSPS) is 11.1. The van der Waals surface area contributed by atoms with Crippen molar-refractivity contribution in [1.29, 1.82) is 0 Å². The summed E-state index contributed by atoms with van der Waals surface area (Å²) >= 11 is 3.28. The molecule has 3 nitrogen and oxygen atoms in total. The first-order valence-electron chi connectivity index (χ1n) is 9.07. The summed E-state index contributed by atoms with van der Waals surface area (Å²) in [5.74, 6) is 0.0318. The van der Waals surface area contributed by atoms with Gasteiger partial charge in [0.15, 0.2) is 4.34 Å². The molecular weight excluding hydrogens is 384 g/mol. The number of anilines is 1. The second kappa shape index (κ2) is 8.59. The van der Waals surface area contributed by atoms with E-state index in [9.17, 15) is 4.79 Å². The van der Waals surface area contributed by atoms with Crippen LogP contribution in [0.15, 0.2) is 83.2 Å². The number of aromatic nitrogens is 1. The lowest BCUT2D eigenvalue weighted by Gasteiger charge is -2.18. The lowest BCUT2D eigenvalue weighted by Crippen LogP contribution is -2.16. The monoisotopic (exact) mass is 404 g/mol. The number of thiazole rings is 1. The summed E-state index contributed by atoms with van der Waals surface area (Å²) < 4.78 is 2.12. The SMILES string of the molecule is CSc1nc2ccc(NC(=O)CC(c3ccccc3)c3ccccc3)cc2s1. The lowest BCUT2D eigenvalue weighted by atomic mass is 9.88. The number of hydrogen-bond donors (Lipinski definition) is 1. The van der Waals surface area contributed by atoms with Crippen molar-refractivity contribution in [2.24, 2.45) is 0 Å². The fraction of sp³-hybridized carbons (Fsp3) is 0.130. The van der Waals surface area contributed by atoms with Gasteiger partial charge >= 0.3 is 0 Å². The molecular formula is C23H20N2OS2. The van der Waals surface area contributed by atoms with Crippen molar-refractivity contribution in [3.8, 4) is 0 Å². The lowest BCUT2D eigenvalue weighted by molar-refractivity contribution is -0.116. The van der Waals surface area contributed by atoms with Gasteiger partial charge in [0.25, 0.3) is 0 Å². The molecule has 28 heavy (non-hydrogen) atoms. The van der Waals surface area contributed by atoms with Crippen molar-refractivity contribution >= 4 is 44.9 Å². The third-order valence-electron chi connectivity index (χ3n) is 4.62. The van der Waals surface area contributed by atoms with Gasteiger partial charge in [-0.05, 0) is 35.6 Å². The number of nitrogens with one attached hydrogen (secondary N) is 1. The van der Waals surface area contributed by atoms with E-state index in [1.807, 2.05) is 60.9 Å². The fourth-order valence-corrected chi connectivity index (χ4v) is 4.79. The van der Waals surface area contributed by atoms with E-state index in [0.717, 1.165) is 31.4 Å². The maximum absolute atomic E-state index is 12.8. The Balaban J connectivity index is 1.55. The van der Waals surface area contributed by atoms with E-state index < -0.39 is 0 Å². The molecule has 140 valence electrons. The Morgan fingerprint density at radius 3 is 2.25 bits per heavy atom. The Hall–Kier alpha value is -2.63. The first-order valence-corrected chi connectivity index (χ1v) is 11.1. The highest BCUT2D eigenvalue weighted by Crippen LogP contribution is 2.31. The summed E-state index contributed by atoms with van der Waals surface area (Å²) in [6.45, 7) is 0. The summed E-state index contributed by atoms with van der Waals surface area (Å²) in [5.41, 5.74) is 4.07. The summed E-state index contributed by atoms with van der Waals surface area (Å²) in [4.78, 5) is 17.4. The van der Waals surface area contributed by atoms with Gasteiger partial charge in [0, 0.05) is 18.0 Å². The second-order valence-corrected chi connectivity index (χ2v) is 8.58. The van der Waals surface area contributed by atoms with Gasteiger partial charge in [0.05, 0.1) is 10.2 Å². The van der Waals surface area contributed by atoms with Gasteiger partial charge in [-0.2, -0.15) is 0 Å². The topological polar surface area (TPSA) is 42.0 Å². The van der Waals surface area contributed by atoms with Crippen LogP contribution in [0.3, 0.4) is 0 Å². The molecule has 0 aliphatic carbocycles. The van der Waals surface area contributed by atoms with Gasteiger partial charge in [-0.15, -0.1) is 11.3 Å². The number of thioether (sulfide) groups is 1. The molecule has 1 amide bonds. The molecule has 0 unspecified atom stereocenters. The number of amides is 1.